The summed E-state index contributed by atoms with van der Waals surface area (Å²) in [6.45, 7) is 0. The highest BCUT2D eigenvalue weighted by atomic mass is 35.5. The van der Waals surface area contributed by atoms with Crippen molar-refractivity contribution >= 4 is 22.5 Å². The smallest absolute Gasteiger partial charge is 0.118 e. The molecule has 42 heavy (non-hydrogen) atoms. The molecule has 8 rings (SSSR count). The minimum atomic E-state index is -0.633. The Bertz CT molecular complexity index is 1980. The molecule has 0 bridgehead atoms. The zero-order valence-corrected chi connectivity index (χ0v) is 23.7. The van der Waals surface area contributed by atoms with Gasteiger partial charge in [0, 0.05) is 21.7 Å². The molecule has 1 nitrogen and oxygen atoms in total. The second kappa shape index (κ2) is 9.62. The summed E-state index contributed by atoms with van der Waals surface area (Å²) in [5.74, 6) is 0. The molecule has 1 aliphatic carbocycles. The van der Waals surface area contributed by atoms with E-state index in [0.29, 0.717) is 0 Å². The summed E-state index contributed by atoms with van der Waals surface area (Å²) in [6, 6.07) is 50.1. The van der Waals surface area contributed by atoms with Crippen molar-refractivity contribution in [1.82, 2.24) is 4.57 Å². The topological polar surface area (TPSA) is 4.93 Å². The van der Waals surface area contributed by atoms with Gasteiger partial charge in [-0.2, -0.15) is 0 Å². The average Bonchev–Trinajstić information content (AvgIpc) is 3.39. The molecule has 1 aliphatic heterocycles. The van der Waals surface area contributed by atoms with Gasteiger partial charge in [-0.1, -0.05) is 163 Å². The van der Waals surface area contributed by atoms with Gasteiger partial charge in [-0.15, -0.1) is 0 Å². The Morgan fingerprint density at radius 3 is 1.74 bits per heavy atom. The molecule has 0 saturated carbocycles. The van der Waals surface area contributed by atoms with Crippen molar-refractivity contribution in [3.63, 3.8) is 0 Å². The molecule has 200 valence electrons. The third kappa shape index (κ3) is 3.32. The Labute approximate surface area is 251 Å². The summed E-state index contributed by atoms with van der Waals surface area (Å²) in [6.07, 6.45) is 11.3. The number of nitrogens with zero attached hydrogens (tertiary/aromatic N) is 1. The molecular formula is C40H28ClN. The molecule has 2 heteroatoms. The van der Waals surface area contributed by atoms with Crippen LogP contribution in [0.3, 0.4) is 0 Å². The Balaban J connectivity index is 1.69. The third-order valence-corrected chi connectivity index (χ3v) is 9.19. The van der Waals surface area contributed by atoms with Gasteiger partial charge in [-0.05, 0) is 46.0 Å². The number of fused-ring (bicyclic) bond motifs is 5. The predicted molar refractivity (Wildman–Crippen MR) is 175 cm³/mol. The Kier molecular flexibility index (Phi) is 5.70. The lowest BCUT2D eigenvalue weighted by Crippen LogP contribution is -2.37. The van der Waals surface area contributed by atoms with E-state index >= 15 is 0 Å². The Morgan fingerprint density at radius 2 is 1.12 bits per heavy atom. The zero-order valence-electron chi connectivity index (χ0n) is 23.0. The van der Waals surface area contributed by atoms with Crippen LogP contribution in [-0.4, -0.2) is 4.57 Å². The van der Waals surface area contributed by atoms with E-state index in [2.05, 4.69) is 168 Å². The van der Waals surface area contributed by atoms with Crippen LogP contribution < -0.4 is 0 Å². The fourth-order valence-corrected chi connectivity index (χ4v) is 7.61. The van der Waals surface area contributed by atoms with Crippen molar-refractivity contribution in [3.05, 3.63) is 203 Å². The second-order valence-corrected chi connectivity index (χ2v) is 11.5. The first-order valence-electron chi connectivity index (χ1n) is 14.4. The number of benzene rings is 5. The molecule has 0 spiro atoms. The van der Waals surface area contributed by atoms with E-state index in [1.807, 2.05) is 6.07 Å². The number of allylic oxidation sites excluding steroid dienone is 6. The fourth-order valence-electron chi connectivity index (χ4n) is 7.44. The Morgan fingerprint density at radius 1 is 0.548 bits per heavy atom. The maximum absolute atomic E-state index is 6.78. The monoisotopic (exact) mass is 557 g/mol. The lowest BCUT2D eigenvalue weighted by atomic mass is 9.64. The molecule has 0 fully saturated rings. The first-order valence-corrected chi connectivity index (χ1v) is 14.8. The van der Waals surface area contributed by atoms with Crippen LogP contribution in [0.25, 0.3) is 22.0 Å². The molecule has 2 heterocycles. The van der Waals surface area contributed by atoms with E-state index in [4.69, 9.17) is 11.6 Å². The van der Waals surface area contributed by atoms with E-state index in [1.165, 1.54) is 39.1 Å². The quantitative estimate of drug-likeness (QED) is 0.203. The minimum Gasteiger partial charge on any atom is -0.324 e. The van der Waals surface area contributed by atoms with E-state index in [1.54, 1.807) is 0 Å². The van der Waals surface area contributed by atoms with E-state index in [0.717, 1.165) is 15.9 Å². The Hall–Kier alpha value is -4.85. The molecule has 0 saturated heterocycles. The number of rotatable bonds is 4. The highest BCUT2D eigenvalue weighted by Crippen LogP contribution is 2.63. The van der Waals surface area contributed by atoms with Gasteiger partial charge in [0.1, 0.15) is 5.54 Å². The number of halogens is 1. The summed E-state index contributed by atoms with van der Waals surface area (Å²) in [5.41, 5.74) is 8.56. The normalized spacial score (nSPS) is 18.4. The van der Waals surface area contributed by atoms with Gasteiger partial charge in [0.2, 0.25) is 0 Å². The average molecular weight is 558 g/mol. The molecule has 1 unspecified atom stereocenters. The standard InChI is InChI=1S/C40H28ClN/c41-33-25-26-35-34(28-33)37(29-16-6-1-7-17-29)38-39(30-18-8-2-9-19-30)27-15-5-14-24-36(39)40(42(35)38,31-20-10-3-11-21-31)32-22-12-4-13-23-32/h1-28H. The molecule has 2 aliphatic rings. The van der Waals surface area contributed by atoms with Gasteiger partial charge in [0.25, 0.3) is 0 Å². The number of hydrogen-bond acceptors (Lipinski definition) is 0. The first-order chi connectivity index (χ1) is 20.8. The molecule has 1 aromatic heterocycles. The van der Waals surface area contributed by atoms with Gasteiger partial charge in [0.05, 0.1) is 10.9 Å². The van der Waals surface area contributed by atoms with Crippen LogP contribution >= 0.6 is 11.6 Å². The van der Waals surface area contributed by atoms with Crippen molar-refractivity contribution in [1.29, 1.82) is 0 Å². The maximum atomic E-state index is 6.78. The summed E-state index contributed by atoms with van der Waals surface area (Å²) in [4.78, 5) is 0. The van der Waals surface area contributed by atoms with Crippen molar-refractivity contribution in [2.75, 3.05) is 0 Å². The van der Waals surface area contributed by atoms with Crippen LogP contribution in [0.5, 0.6) is 0 Å². The highest BCUT2D eigenvalue weighted by Gasteiger charge is 2.59. The number of aromatic nitrogens is 1. The van der Waals surface area contributed by atoms with Crippen molar-refractivity contribution < 1.29 is 0 Å². The van der Waals surface area contributed by atoms with Crippen molar-refractivity contribution in [2.45, 2.75) is 11.0 Å². The molecule has 0 N–H and O–H groups in total. The SMILES string of the molecule is Clc1ccc2c(c1)c(-c1ccccc1)c1n2C(c2ccccc2)(c2ccccc2)C2=CC=CC=CC21c1ccccc1. The minimum absolute atomic E-state index is 0.562. The van der Waals surface area contributed by atoms with E-state index in [-0.39, 0.29) is 0 Å². The summed E-state index contributed by atoms with van der Waals surface area (Å²) >= 11 is 6.78. The van der Waals surface area contributed by atoms with Crippen LogP contribution in [0.1, 0.15) is 22.4 Å². The predicted octanol–water partition coefficient (Wildman–Crippen LogP) is 10.1. The van der Waals surface area contributed by atoms with Gasteiger partial charge < -0.3 is 4.57 Å². The molecular weight excluding hydrogens is 530 g/mol. The van der Waals surface area contributed by atoms with Crippen LogP contribution in [0.15, 0.2) is 175 Å². The largest absolute Gasteiger partial charge is 0.324 e. The van der Waals surface area contributed by atoms with Crippen LogP contribution in [0, 0.1) is 0 Å². The first kappa shape index (κ1) is 24.9. The van der Waals surface area contributed by atoms with Gasteiger partial charge >= 0.3 is 0 Å². The van der Waals surface area contributed by atoms with E-state index in [9.17, 15) is 0 Å². The summed E-state index contributed by atoms with van der Waals surface area (Å²) in [7, 11) is 0. The maximum Gasteiger partial charge on any atom is 0.118 e. The summed E-state index contributed by atoms with van der Waals surface area (Å²) < 4.78 is 2.62. The van der Waals surface area contributed by atoms with Gasteiger partial charge in [-0.25, -0.2) is 0 Å². The van der Waals surface area contributed by atoms with E-state index < -0.39 is 11.0 Å². The number of hydrogen-bond donors (Lipinski definition) is 0. The van der Waals surface area contributed by atoms with Crippen molar-refractivity contribution in [3.8, 4) is 11.1 Å². The van der Waals surface area contributed by atoms with Crippen molar-refractivity contribution in [2.24, 2.45) is 0 Å². The lowest BCUT2D eigenvalue weighted by molar-refractivity contribution is 0.546. The van der Waals surface area contributed by atoms with Gasteiger partial charge in [0.15, 0.2) is 0 Å². The summed E-state index contributed by atoms with van der Waals surface area (Å²) in [5, 5.41) is 1.89. The highest BCUT2D eigenvalue weighted by molar-refractivity contribution is 6.31. The molecule has 6 aromatic rings. The molecule has 0 amide bonds. The molecule has 5 aromatic carbocycles. The lowest BCUT2D eigenvalue weighted by Gasteiger charge is -2.39. The van der Waals surface area contributed by atoms with Crippen LogP contribution in [0.4, 0.5) is 0 Å². The van der Waals surface area contributed by atoms with Gasteiger partial charge in [-0.3, -0.25) is 0 Å². The zero-order chi connectivity index (χ0) is 28.1. The fraction of sp³-hybridized carbons (Fsp3) is 0.0500. The van der Waals surface area contributed by atoms with Crippen LogP contribution in [-0.2, 0) is 11.0 Å². The second-order valence-electron chi connectivity index (χ2n) is 11.0. The molecule has 0 radical (unpaired) electrons. The third-order valence-electron chi connectivity index (χ3n) is 8.96. The van der Waals surface area contributed by atoms with Crippen LogP contribution in [0.2, 0.25) is 5.02 Å². The molecule has 1 atom stereocenters.